The molecular weight excluding hydrogens is 354 g/mol. The molecule has 2 aromatic carbocycles. The fourth-order valence-corrected chi connectivity index (χ4v) is 2.33. The van der Waals surface area contributed by atoms with Crippen LogP contribution in [0.5, 0.6) is 0 Å². The first-order chi connectivity index (χ1) is 9.88. The highest BCUT2D eigenvalue weighted by atomic mass is 79.9. The summed E-state index contributed by atoms with van der Waals surface area (Å²) in [7, 11) is 3.40. The predicted molar refractivity (Wildman–Crippen MR) is 91.3 cm³/mol. The Hall–Kier alpha value is -1.72. The van der Waals surface area contributed by atoms with E-state index in [1.807, 2.05) is 12.1 Å². The Balaban J connectivity index is 2.30. The summed E-state index contributed by atoms with van der Waals surface area (Å²) < 4.78 is 0.910. The van der Waals surface area contributed by atoms with Crippen molar-refractivity contribution in [3.05, 3.63) is 51.5 Å². The van der Waals surface area contributed by atoms with Crippen LogP contribution in [0.2, 0.25) is 5.02 Å². The third kappa shape index (κ3) is 3.68. The normalized spacial score (nSPS) is 10.3. The van der Waals surface area contributed by atoms with E-state index in [4.69, 9.17) is 17.3 Å². The lowest BCUT2D eigenvalue weighted by Crippen LogP contribution is -2.21. The maximum Gasteiger partial charge on any atom is 0.253 e. The summed E-state index contributed by atoms with van der Waals surface area (Å²) >= 11 is 9.53. The fraction of sp³-hybridized carbons (Fsp3) is 0.133. The van der Waals surface area contributed by atoms with Crippen molar-refractivity contribution in [1.82, 2.24) is 4.90 Å². The Bertz CT molecular complexity index is 689. The van der Waals surface area contributed by atoms with E-state index in [1.165, 1.54) is 4.90 Å². The van der Waals surface area contributed by atoms with Gasteiger partial charge in [-0.3, -0.25) is 4.79 Å². The molecule has 4 nitrogen and oxygen atoms in total. The topological polar surface area (TPSA) is 58.4 Å². The van der Waals surface area contributed by atoms with Gasteiger partial charge in [0.15, 0.2) is 0 Å². The molecule has 3 N–H and O–H groups in total. The molecule has 0 aliphatic rings. The first-order valence-electron chi connectivity index (χ1n) is 6.21. The Morgan fingerprint density at radius 3 is 2.52 bits per heavy atom. The van der Waals surface area contributed by atoms with Crippen LogP contribution in [-0.2, 0) is 0 Å². The highest BCUT2D eigenvalue weighted by Crippen LogP contribution is 2.31. The fourth-order valence-electron chi connectivity index (χ4n) is 1.81. The van der Waals surface area contributed by atoms with Crippen molar-refractivity contribution >= 4 is 50.5 Å². The molecule has 0 heterocycles. The summed E-state index contributed by atoms with van der Waals surface area (Å²) in [5.74, 6) is -0.0891. The van der Waals surface area contributed by atoms with Crippen molar-refractivity contribution in [3.8, 4) is 0 Å². The number of nitrogens with zero attached hydrogens (tertiary/aromatic N) is 1. The molecule has 1 amide bonds. The molecule has 0 aliphatic carbocycles. The van der Waals surface area contributed by atoms with Gasteiger partial charge in [0.05, 0.1) is 22.1 Å². The molecule has 0 saturated heterocycles. The lowest BCUT2D eigenvalue weighted by atomic mass is 10.1. The smallest absolute Gasteiger partial charge is 0.253 e. The molecule has 0 saturated carbocycles. The first-order valence-corrected chi connectivity index (χ1v) is 7.39. The van der Waals surface area contributed by atoms with Gasteiger partial charge in [0.1, 0.15) is 0 Å². The summed E-state index contributed by atoms with van der Waals surface area (Å²) in [5, 5.41) is 3.75. The van der Waals surface area contributed by atoms with Crippen LogP contribution < -0.4 is 11.1 Å². The molecular formula is C15H15BrClN3O. The number of carbonyl (C=O) groups is 1. The van der Waals surface area contributed by atoms with Crippen LogP contribution in [0.1, 0.15) is 10.4 Å². The molecule has 0 aliphatic heterocycles. The molecule has 0 spiro atoms. The van der Waals surface area contributed by atoms with Gasteiger partial charge in [0.2, 0.25) is 0 Å². The van der Waals surface area contributed by atoms with E-state index < -0.39 is 0 Å². The van der Waals surface area contributed by atoms with Gasteiger partial charge in [-0.25, -0.2) is 0 Å². The van der Waals surface area contributed by atoms with Crippen molar-refractivity contribution in [2.75, 3.05) is 25.1 Å². The molecule has 0 unspecified atom stereocenters. The summed E-state index contributed by atoms with van der Waals surface area (Å²) in [5.41, 5.74) is 8.48. The van der Waals surface area contributed by atoms with Gasteiger partial charge < -0.3 is 16.0 Å². The highest BCUT2D eigenvalue weighted by molar-refractivity contribution is 9.10. The van der Waals surface area contributed by atoms with Crippen LogP contribution in [0.3, 0.4) is 0 Å². The number of carbonyl (C=O) groups excluding carboxylic acids is 1. The zero-order valence-corrected chi connectivity index (χ0v) is 14.0. The standard InChI is InChI=1S/C15H15BrClN3O/c1-20(2)15(21)9-3-6-13(12(18)7-9)19-14-8-10(16)4-5-11(14)17/h3-8,19H,18H2,1-2H3. The number of nitrogens with two attached hydrogens (primary N) is 1. The molecule has 0 fully saturated rings. The summed E-state index contributed by atoms with van der Waals surface area (Å²) in [6.07, 6.45) is 0. The van der Waals surface area contributed by atoms with E-state index in [2.05, 4.69) is 21.2 Å². The van der Waals surface area contributed by atoms with Crippen molar-refractivity contribution in [3.63, 3.8) is 0 Å². The number of anilines is 3. The molecule has 0 radical (unpaired) electrons. The van der Waals surface area contributed by atoms with Gasteiger partial charge >= 0.3 is 0 Å². The third-order valence-corrected chi connectivity index (χ3v) is 3.73. The zero-order chi connectivity index (χ0) is 15.6. The average Bonchev–Trinajstić information content (AvgIpc) is 2.44. The van der Waals surface area contributed by atoms with E-state index >= 15 is 0 Å². The Morgan fingerprint density at radius 1 is 1.19 bits per heavy atom. The zero-order valence-electron chi connectivity index (χ0n) is 11.7. The number of rotatable bonds is 3. The van der Waals surface area contributed by atoms with E-state index in [1.54, 1.807) is 38.4 Å². The van der Waals surface area contributed by atoms with Crippen LogP contribution >= 0.6 is 27.5 Å². The van der Waals surface area contributed by atoms with Gasteiger partial charge in [-0.1, -0.05) is 27.5 Å². The Kier molecular flexibility index (Phi) is 4.75. The van der Waals surface area contributed by atoms with E-state index in [-0.39, 0.29) is 5.91 Å². The molecule has 0 bridgehead atoms. The molecule has 110 valence electrons. The van der Waals surface area contributed by atoms with Crippen molar-refractivity contribution < 1.29 is 4.79 Å². The van der Waals surface area contributed by atoms with E-state index in [9.17, 15) is 4.79 Å². The van der Waals surface area contributed by atoms with Crippen LogP contribution in [0.25, 0.3) is 0 Å². The van der Waals surface area contributed by atoms with Gasteiger partial charge in [-0.2, -0.15) is 0 Å². The Morgan fingerprint density at radius 2 is 1.90 bits per heavy atom. The molecule has 2 rings (SSSR count). The first kappa shape index (κ1) is 15.7. The minimum atomic E-state index is -0.0891. The third-order valence-electron chi connectivity index (χ3n) is 2.90. The number of hydrogen-bond donors (Lipinski definition) is 2. The summed E-state index contributed by atoms with van der Waals surface area (Å²) in [4.78, 5) is 13.4. The molecule has 2 aromatic rings. The number of benzene rings is 2. The van der Waals surface area contributed by atoms with Crippen LogP contribution in [0.15, 0.2) is 40.9 Å². The second kappa shape index (κ2) is 6.37. The maximum absolute atomic E-state index is 11.9. The SMILES string of the molecule is CN(C)C(=O)c1ccc(Nc2cc(Br)ccc2Cl)c(N)c1. The maximum atomic E-state index is 11.9. The molecule has 0 atom stereocenters. The minimum Gasteiger partial charge on any atom is -0.397 e. The Labute approximate surface area is 137 Å². The molecule has 0 aromatic heterocycles. The van der Waals surface area contributed by atoms with E-state index in [0.29, 0.717) is 22.0 Å². The monoisotopic (exact) mass is 367 g/mol. The van der Waals surface area contributed by atoms with Gasteiger partial charge in [0.25, 0.3) is 5.91 Å². The quantitative estimate of drug-likeness (QED) is 0.801. The van der Waals surface area contributed by atoms with Gasteiger partial charge in [-0.15, -0.1) is 0 Å². The highest BCUT2D eigenvalue weighted by Gasteiger charge is 2.11. The molecule has 21 heavy (non-hydrogen) atoms. The second-order valence-electron chi connectivity index (χ2n) is 4.75. The van der Waals surface area contributed by atoms with Crippen molar-refractivity contribution in [2.24, 2.45) is 0 Å². The number of hydrogen-bond acceptors (Lipinski definition) is 3. The number of amides is 1. The van der Waals surface area contributed by atoms with Crippen molar-refractivity contribution in [1.29, 1.82) is 0 Å². The van der Waals surface area contributed by atoms with Gasteiger partial charge in [-0.05, 0) is 36.4 Å². The van der Waals surface area contributed by atoms with Crippen LogP contribution in [0.4, 0.5) is 17.1 Å². The predicted octanol–water partition coefficient (Wildman–Crippen LogP) is 4.13. The average molecular weight is 369 g/mol. The largest absolute Gasteiger partial charge is 0.397 e. The lowest BCUT2D eigenvalue weighted by molar-refractivity contribution is 0.0827. The number of halogens is 2. The summed E-state index contributed by atoms with van der Waals surface area (Å²) in [6, 6.07) is 10.7. The van der Waals surface area contributed by atoms with Crippen molar-refractivity contribution in [2.45, 2.75) is 0 Å². The van der Waals surface area contributed by atoms with Crippen LogP contribution in [0, 0.1) is 0 Å². The lowest BCUT2D eigenvalue weighted by Gasteiger charge is -2.14. The second-order valence-corrected chi connectivity index (χ2v) is 6.07. The summed E-state index contributed by atoms with van der Waals surface area (Å²) in [6.45, 7) is 0. The number of nitrogen functional groups attached to an aromatic ring is 1. The van der Waals surface area contributed by atoms with E-state index in [0.717, 1.165) is 10.2 Å². The van der Waals surface area contributed by atoms with Gasteiger partial charge in [0, 0.05) is 24.1 Å². The molecule has 6 heteroatoms. The number of nitrogens with one attached hydrogen (secondary N) is 1. The van der Waals surface area contributed by atoms with Crippen LogP contribution in [-0.4, -0.2) is 24.9 Å². The minimum absolute atomic E-state index is 0.0891.